The van der Waals surface area contributed by atoms with Gasteiger partial charge in [-0.25, -0.2) is 8.42 Å². The Morgan fingerprint density at radius 3 is 1.61 bits per heavy atom. The largest absolute Gasteiger partial charge is 0.744 e. The molecule has 0 unspecified atom stereocenters. The topological polar surface area (TPSA) is 95.2 Å². The molecule has 1 aromatic heterocycles. The third-order valence-corrected chi connectivity index (χ3v) is 3.83. The van der Waals surface area contributed by atoms with Gasteiger partial charge in [-0.1, -0.05) is 18.2 Å². The van der Waals surface area contributed by atoms with Crippen LogP contribution in [-0.2, 0) is 17.2 Å². The van der Waals surface area contributed by atoms with E-state index >= 15 is 0 Å². The minimum absolute atomic E-state index is 0.0365. The van der Waals surface area contributed by atoms with Crippen molar-refractivity contribution in [2.45, 2.75) is 18.7 Å². The average molecular weight is 335 g/mol. The number of carbonyl (C=O) groups excluding carboxylic acids is 2. The zero-order valence-electron chi connectivity index (χ0n) is 13.0. The molecule has 1 aromatic carbocycles. The molecule has 0 bridgehead atoms. The Balaban J connectivity index is 0.000000238. The van der Waals surface area contributed by atoms with Gasteiger partial charge in [-0.2, -0.15) is 4.57 Å². The van der Waals surface area contributed by atoms with Crippen molar-refractivity contribution in [2.24, 2.45) is 7.05 Å². The fourth-order valence-electron chi connectivity index (χ4n) is 1.88. The number of rotatable bonds is 3. The van der Waals surface area contributed by atoms with E-state index in [1.54, 1.807) is 35.9 Å². The zero-order chi connectivity index (χ0) is 17.6. The molecule has 0 aliphatic heterocycles. The summed E-state index contributed by atoms with van der Waals surface area (Å²) in [6, 6.07) is 12.3. The number of benzene rings is 1. The Bertz CT molecular complexity index is 781. The number of nitrogens with zero attached hydrogens (tertiary/aromatic N) is 1. The number of aromatic nitrogens is 1. The van der Waals surface area contributed by atoms with Crippen LogP contribution in [-0.4, -0.2) is 24.5 Å². The van der Waals surface area contributed by atoms with E-state index in [1.807, 2.05) is 0 Å². The summed E-state index contributed by atoms with van der Waals surface area (Å²) in [6.45, 7) is 2.97. The van der Waals surface area contributed by atoms with Crippen molar-refractivity contribution in [3.05, 3.63) is 59.9 Å². The van der Waals surface area contributed by atoms with E-state index in [-0.39, 0.29) is 16.5 Å². The van der Waals surface area contributed by atoms with Crippen LogP contribution >= 0.6 is 0 Å². The average Bonchev–Trinajstić information content (AvgIpc) is 2.47. The first-order valence-electron chi connectivity index (χ1n) is 6.66. The molecule has 2 aromatic rings. The van der Waals surface area contributed by atoms with Gasteiger partial charge in [0.05, 0.1) is 4.90 Å². The quantitative estimate of drug-likeness (QED) is 0.481. The lowest BCUT2D eigenvalue weighted by molar-refractivity contribution is -0.675. The molecule has 122 valence electrons. The molecule has 0 saturated carbocycles. The molecule has 0 N–H and O–H groups in total. The normalized spacial score (nSPS) is 10.4. The van der Waals surface area contributed by atoms with Gasteiger partial charge in [-0.3, -0.25) is 9.59 Å². The molecular weight excluding hydrogens is 318 g/mol. The summed E-state index contributed by atoms with van der Waals surface area (Å²) in [4.78, 5) is 22.0. The van der Waals surface area contributed by atoms with Crippen molar-refractivity contribution < 1.29 is 27.1 Å². The highest BCUT2D eigenvalue weighted by Crippen LogP contribution is 2.05. The van der Waals surface area contributed by atoms with Crippen LogP contribution in [0.3, 0.4) is 0 Å². The fourth-order valence-corrected chi connectivity index (χ4v) is 2.37. The summed E-state index contributed by atoms with van der Waals surface area (Å²) in [5.74, 6) is -0.0730. The van der Waals surface area contributed by atoms with Gasteiger partial charge in [-0.05, 0) is 18.2 Å². The Kier molecular flexibility index (Phi) is 6.29. The second-order valence-electron chi connectivity index (χ2n) is 4.73. The van der Waals surface area contributed by atoms with Crippen LogP contribution in [0.1, 0.15) is 34.8 Å². The maximum atomic E-state index is 11.1. The van der Waals surface area contributed by atoms with E-state index in [0.717, 1.165) is 0 Å². The van der Waals surface area contributed by atoms with Crippen LogP contribution in [0.2, 0.25) is 0 Å². The van der Waals surface area contributed by atoms with Crippen LogP contribution in [0.15, 0.2) is 53.4 Å². The lowest BCUT2D eigenvalue weighted by Crippen LogP contribution is -2.41. The van der Waals surface area contributed by atoms with Crippen LogP contribution in [0, 0.1) is 0 Å². The predicted molar refractivity (Wildman–Crippen MR) is 82.0 cm³/mol. The van der Waals surface area contributed by atoms with Gasteiger partial charge >= 0.3 is 0 Å². The molecule has 0 atom stereocenters. The fraction of sp³-hybridized carbons (Fsp3) is 0.188. The molecule has 0 amide bonds. The molecule has 0 radical (unpaired) electrons. The summed E-state index contributed by atoms with van der Waals surface area (Å²) in [5.41, 5.74) is 1.10. The second-order valence-corrected chi connectivity index (χ2v) is 6.11. The van der Waals surface area contributed by atoms with Gasteiger partial charge in [0, 0.05) is 26.0 Å². The van der Waals surface area contributed by atoms with Crippen molar-refractivity contribution in [2.75, 3.05) is 0 Å². The summed E-state index contributed by atoms with van der Waals surface area (Å²) in [5, 5.41) is 0. The number of ketones is 2. The summed E-state index contributed by atoms with van der Waals surface area (Å²) in [6.07, 6.45) is 0. The Labute approximate surface area is 135 Å². The first-order chi connectivity index (χ1) is 10.6. The van der Waals surface area contributed by atoms with E-state index in [0.29, 0.717) is 11.4 Å². The molecule has 0 aliphatic carbocycles. The Morgan fingerprint density at radius 2 is 1.30 bits per heavy atom. The van der Waals surface area contributed by atoms with Gasteiger partial charge in [0.1, 0.15) is 17.2 Å². The highest BCUT2D eigenvalue weighted by Gasteiger charge is 2.18. The lowest BCUT2D eigenvalue weighted by atomic mass is 10.2. The minimum atomic E-state index is -4.25. The number of Topliss-reactive ketones (excluding diaryl/α,β-unsaturated/α-hetero) is 2. The number of hydrogen-bond donors (Lipinski definition) is 0. The summed E-state index contributed by atoms with van der Waals surface area (Å²) >= 11 is 0. The minimum Gasteiger partial charge on any atom is -0.744 e. The van der Waals surface area contributed by atoms with Crippen LogP contribution in [0.4, 0.5) is 0 Å². The maximum Gasteiger partial charge on any atom is 0.248 e. The third kappa shape index (κ3) is 5.39. The summed E-state index contributed by atoms with van der Waals surface area (Å²) in [7, 11) is -2.54. The molecule has 0 aliphatic rings. The standard InChI is InChI=1S/C10H12NO2.C6H6O3S/c1-7(12)9-5-4-6-10(8(2)13)11(9)3;7-10(8,9)6-4-2-1-3-5-6/h4-6H,1-3H3;1-5H,(H,7,8,9)/q+1;/p-1. The maximum absolute atomic E-state index is 11.1. The smallest absolute Gasteiger partial charge is 0.248 e. The molecule has 6 nitrogen and oxygen atoms in total. The van der Waals surface area contributed by atoms with Crippen LogP contribution < -0.4 is 4.57 Å². The van der Waals surface area contributed by atoms with E-state index in [9.17, 15) is 22.6 Å². The number of pyridine rings is 1. The first kappa shape index (κ1) is 18.7. The van der Waals surface area contributed by atoms with Crippen LogP contribution in [0.5, 0.6) is 0 Å². The van der Waals surface area contributed by atoms with E-state index in [2.05, 4.69) is 0 Å². The molecule has 0 fully saturated rings. The van der Waals surface area contributed by atoms with E-state index in [4.69, 9.17) is 0 Å². The molecule has 0 saturated heterocycles. The highest BCUT2D eigenvalue weighted by atomic mass is 32.2. The van der Waals surface area contributed by atoms with E-state index < -0.39 is 10.1 Å². The van der Waals surface area contributed by atoms with Crippen LogP contribution in [0.25, 0.3) is 0 Å². The Morgan fingerprint density at radius 1 is 0.870 bits per heavy atom. The summed E-state index contributed by atoms with van der Waals surface area (Å²) < 4.78 is 32.4. The van der Waals surface area contributed by atoms with Crippen molar-refractivity contribution in [1.29, 1.82) is 0 Å². The molecule has 2 rings (SSSR count). The third-order valence-electron chi connectivity index (χ3n) is 2.98. The second kappa shape index (κ2) is 7.75. The monoisotopic (exact) mass is 335 g/mol. The molecule has 0 spiro atoms. The molecular formula is C16H17NO5S. The highest BCUT2D eigenvalue weighted by molar-refractivity contribution is 7.85. The van der Waals surface area contributed by atoms with E-state index in [1.165, 1.54) is 38.1 Å². The van der Waals surface area contributed by atoms with Gasteiger partial charge in [0.25, 0.3) is 0 Å². The van der Waals surface area contributed by atoms with Crippen molar-refractivity contribution in [3.63, 3.8) is 0 Å². The Hall–Kier alpha value is -2.38. The molecule has 7 heteroatoms. The van der Waals surface area contributed by atoms with Crippen molar-refractivity contribution >= 4 is 21.7 Å². The number of carbonyl (C=O) groups is 2. The van der Waals surface area contributed by atoms with Gasteiger partial charge in [0.2, 0.25) is 23.0 Å². The van der Waals surface area contributed by atoms with Gasteiger partial charge in [-0.15, -0.1) is 0 Å². The molecule has 1 heterocycles. The zero-order valence-corrected chi connectivity index (χ0v) is 13.8. The number of hydrogen-bond acceptors (Lipinski definition) is 5. The van der Waals surface area contributed by atoms with Crippen molar-refractivity contribution in [1.82, 2.24) is 0 Å². The van der Waals surface area contributed by atoms with Crippen molar-refractivity contribution in [3.8, 4) is 0 Å². The first-order valence-corrected chi connectivity index (χ1v) is 8.07. The van der Waals surface area contributed by atoms with Gasteiger partial charge in [0.15, 0.2) is 0 Å². The predicted octanol–water partition coefficient (Wildman–Crippen LogP) is 1.51. The van der Waals surface area contributed by atoms with Gasteiger partial charge < -0.3 is 4.55 Å². The lowest BCUT2D eigenvalue weighted by Gasteiger charge is -2.04. The SMILES string of the molecule is CC(=O)c1cccc(C(C)=O)[n+]1C.O=S(=O)([O-])c1ccccc1. The molecule has 23 heavy (non-hydrogen) atoms.